The summed E-state index contributed by atoms with van der Waals surface area (Å²) >= 11 is 0. The number of rotatable bonds is 2. The van der Waals surface area contributed by atoms with Crippen LogP contribution in [0.25, 0.3) is 0 Å². The Hall–Kier alpha value is -0.610. The van der Waals surface area contributed by atoms with Crippen LogP contribution in [-0.2, 0) is 9.47 Å². The quantitative estimate of drug-likeness (QED) is 0.734. The summed E-state index contributed by atoms with van der Waals surface area (Å²) in [6.45, 7) is 13.8. The lowest BCUT2D eigenvalue weighted by Crippen LogP contribution is -2.50. The molecular formula is C13H24N2O2. The molecule has 0 aromatic heterocycles. The van der Waals surface area contributed by atoms with Gasteiger partial charge in [-0.3, -0.25) is 9.89 Å². The molecule has 0 aliphatic carbocycles. The standard InChI is InChI=1S/C13H24N2O2/c1-12(2)8-14-11(16-10-12)7-15-5-6-17-13(3,4)9-15/h5-10H2,1-4H3. The minimum atomic E-state index is -0.0489. The van der Waals surface area contributed by atoms with Gasteiger partial charge >= 0.3 is 0 Å². The average molecular weight is 240 g/mol. The van der Waals surface area contributed by atoms with E-state index in [1.54, 1.807) is 0 Å². The van der Waals surface area contributed by atoms with Crippen LogP contribution in [0.15, 0.2) is 4.99 Å². The van der Waals surface area contributed by atoms with Crippen LogP contribution in [0.5, 0.6) is 0 Å². The molecule has 4 nitrogen and oxygen atoms in total. The summed E-state index contributed by atoms with van der Waals surface area (Å²) in [7, 11) is 0. The van der Waals surface area contributed by atoms with E-state index < -0.39 is 0 Å². The molecular weight excluding hydrogens is 216 g/mol. The Balaban J connectivity index is 1.87. The highest BCUT2D eigenvalue weighted by molar-refractivity contribution is 5.78. The Morgan fingerprint density at radius 1 is 1.29 bits per heavy atom. The van der Waals surface area contributed by atoms with Crippen molar-refractivity contribution in [3.05, 3.63) is 0 Å². The summed E-state index contributed by atoms with van der Waals surface area (Å²) in [4.78, 5) is 6.90. The van der Waals surface area contributed by atoms with Crippen LogP contribution in [0.4, 0.5) is 0 Å². The summed E-state index contributed by atoms with van der Waals surface area (Å²) < 4.78 is 11.4. The van der Waals surface area contributed by atoms with Crippen LogP contribution in [0, 0.1) is 5.41 Å². The molecule has 0 spiro atoms. The van der Waals surface area contributed by atoms with Gasteiger partial charge in [0.2, 0.25) is 0 Å². The summed E-state index contributed by atoms with van der Waals surface area (Å²) in [5.74, 6) is 0.891. The molecule has 17 heavy (non-hydrogen) atoms. The summed E-state index contributed by atoms with van der Waals surface area (Å²) in [6, 6.07) is 0. The van der Waals surface area contributed by atoms with Gasteiger partial charge in [0.1, 0.15) is 0 Å². The molecule has 1 fully saturated rings. The fourth-order valence-electron chi connectivity index (χ4n) is 2.21. The highest BCUT2D eigenvalue weighted by atomic mass is 16.5. The molecule has 0 aromatic carbocycles. The molecule has 0 unspecified atom stereocenters. The van der Waals surface area contributed by atoms with Gasteiger partial charge in [0.15, 0.2) is 5.90 Å². The highest BCUT2D eigenvalue weighted by Crippen LogP contribution is 2.21. The largest absolute Gasteiger partial charge is 0.479 e. The first-order valence-electron chi connectivity index (χ1n) is 6.39. The zero-order valence-electron chi connectivity index (χ0n) is 11.5. The molecule has 0 saturated carbocycles. The molecule has 2 rings (SSSR count). The maximum atomic E-state index is 5.73. The third-order valence-electron chi connectivity index (χ3n) is 3.18. The number of hydrogen-bond acceptors (Lipinski definition) is 4. The van der Waals surface area contributed by atoms with Crippen LogP contribution in [-0.4, -0.2) is 55.8 Å². The molecule has 0 bridgehead atoms. The summed E-state index contributed by atoms with van der Waals surface area (Å²) in [5.41, 5.74) is 0.139. The Bertz CT molecular complexity index is 311. The fourth-order valence-corrected chi connectivity index (χ4v) is 2.21. The number of nitrogens with zero attached hydrogens (tertiary/aromatic N) is 2. The van der Waals surface area contributed by atoms with Crippen molar-refractivity contribution in [1.82, 2.24) is 4.90 Å². The lowest BCUT2D eigenvalue weighted by molar-refractivity contribution is -0.0831. The smallest absolute Gasteiger partial charge is 0.197 e. The zero-order valence-corrected chi connectivity index (χ0v) is 11.5. The molecule has 2 heterocycles. The van der Waals surface area contributed by atoms with E-state index in [2.05, 4.69) is 37.6 Å². The minimum Gasteiger partial charge on any atom is -0.479 e. The maximum Gasteiger partial charge on any atom is 0.197 e. The second-order valence-electron chi connectivity index (χ2n) is 6.48. The van der Waals surface area contributed by atoms with Gasteiger partial charge in [-0.15, -0.1) is 0 Å². The van der Waals surface area contributed by atoms with Gasteiger partial charge in [-0.05, 0) is 13.8 Å². The molecule has 0 radical (unpaired) electrons. The van der Waals surface area contributed by atoms with Crippen molar-refractivity contribution in [3.8, 4) is 0 Å². The first-order valence-corrected chi connectivity index (χ1v) is 6.39. The number of ether oxygens (including phenoxy) is 2. The van der Waals surface area contributed by atoms with Gasteiger partial charge in [-0.2, -0.15) is 0 Å². The molecule has 1 saturated heterocycles. The predicted molar refractivity (Wildman–Crippen MR) is 68.5 cm³/mol. The first kappa shape index (κ1) is 12.8. The SMILES string of the molecule is CC1(C)CN=C(CN2CCOC(C)(C)C2)OC1. The van der Waals surface area contributed by atoms with E-state index in [4.69, 9.17) is 9.47 Å². The van der Waals surface area contributed by atoms with Crippen molar-refractivity contribution in [1.29, 1.82) is 0 Å². The molecule has 98 valence electrons. The van der Waals surface area contributed by atoms with Gasteiger partial charge in [0.05, 0.1) is 31.9 Å². The molecule has 0 N–H and O–H groups in total. The fraction of sp³-hybridized carbons (Fsp3) is 0.923. The van der Waals surface area contributed by atoms with Gasteiger partial charge in [-0.25, -0.2) is 0 Å². The Labute approximate surface area is 104 Å². The predicted octanol–water partition coefficient (Wildman–Crippen LogP) is 1.55. The number of aliphatic imine (C=N–C) groups is 1. The Morgan fingerprint density at radius 3 is 2.65 bits per heavy atom. The topological polar surface area (TPSA) is 34.1 Å². The molecule has 0 aromatic rings. The summed E-state index contributed by atoms with van der Waals surface area (Å²) in [6.07, 6.45) is 0. The van der Waals surface area contributed by atoms with Crippen LogP contribution in [0.2, 0.25) is 0 Å². The average Bonchev–Trinajstić information content (AvgIpc) is 2.20. The van der Waals surface area contributed by atoms with E-state index >= 15 is 0 Å². The zero-order chi connectivity index (χ0) is 12.5. The molecule has 2 aliphatic heterocycles. The summed E-state index contributed by atoms with van der Waals surface area (Å²) in [5, 5.41) is 0. The van der Waals surface area contributed by atoms with E-state index in [1.165, 1.54) is 0 Å². The van der Waals surface area contributed by atoms with Crippen LogP contribution in [0.1, 0.15) is 27.7 Å². The second-order valence-corrected chi connectivity index (χ2v) is 6.48. The van der Waals surface area contributed by atoms with Crippen molar-refractivity contribution >= 4 is 5.90 Å². The Morgan fingerprint density at radius 2 is 2.06 bits per heavy atom. The highest BCUT2D eigenvalue weighted by Gasteiger charge is 2.30. The van der Waals surface area contributed by atoms with Gasteiger partial charge in [-0.1, -0.05) is 13.8 Å². The van der Waals surface area contributed by atoms with Crippen molar-refractivity contribution < 1.29 is 9.47 Å². The van der Waals surface area contributed by atoms with E-state index in [-0.39, 0.29) is 11.0 Å². The lowest BCUT2D eigenvalue weighted by atomic mass is 9.94. The van der Waals surface area contributed by atoms with Crippen molar-refractivity contribution in [3.63, 3.8) is 0 Å². The second kappa shape index (κ2) is 4.58. The van der Waals surface area contributed by atoms with E-state index in [9.17, 15) is 0 Å². The van der Waals surface area contributed by atoms with Crippen LogP contribution >= 0.6 is 0 Å². The van der Waals surface area contributed by atoms with E-state index in [0.29, 0.717) is 0 Å². The Kier molecular flexibility index (Phi) is 3.46. The van der Waals surface area contributed by atoms with Crippen molar-refractivity contribution in [2.45, 2.75) is 33.3 Å². The minimum absolute atomic E-state index is 0.0489. The monoisotopic (exact) mass is 240 g/mol. The van der Waals surface area contributed by atoms with Gasteiger partial charge in [0, 0.05) is 18.5 Å². The van der Waals surface area contributed by atoms with E-state index in [0.717, 1.165) is 45.3 Å². The number of hydrogen-bond donors (Lipinski definition) is 0. The molecule has 0 atom stereocenters. The van der Waals surface area contributed by atoms with Crippen molar-refractivity contribution in [2.24, 2.45) is 10.4 Å². The van der Waals surface area contributed by atoms with Crippen LogP contribution in [0.3, 0.4) is 0 Å². The third-order valence-corrected chi connectivity index (χ3v) is 3.18. The van der Waals surface area contributed by atoms with Crippen molar-refractivity contribution in [2.75, 3.05) is 39.4 Å². The van der Waals surface area contributed by atoms with Gasteiger partial charge in [0.25, 0.3) is 0 Å². The normalized spacial score (nSPS) is 28.4. The molecule has 4 heteroatoms. The molecule has 2 aliphatic rings. The lowest BCUT2D eigenvalue weighted by Gasteiger charge is -2.39. The third kappa shape index (κ3) is 3.68. The number of morpholine rings is 1. The first-order chi connectivity index (χ1) is 7.86. The maximum absolute atomic E-state index is 5.73. The van der Waals surface area contributed by atoms with E-state index in [1.807, 2.05) is 0 Å². The van der Waals surface area contributed by atoms with Gasteiger partial charge < -0.3 is 9.47 Å². The molecule has 0 amide bonds. The van der Waals surface area contributed by atoms with Crippen LogP contribution < -0.4 is 0 Å².